The molecule has 1 aromatic carbocycles. The van der Waals surface area contributed by atoms with Gasteiger partial charge in [0.05, 0.1) is 5.56 Å². The highest BCUT2D eigenvalue weighted by Gasteiger charge is 2.30. The van der Waals surface area contributed by atoms with Crippen LogP contribution in [0.1, 0.15) is 16.7 Å². The summed E-state index contributed by atoms with van der Waals surface area (Å²) in [4.78, 5) is 2.34. The number of nitrogens with zero attached hydrogens (tertiary/aromatic N) is 1. The van der Waals surface area contributed by atoms with E-state index in [4.69, 9.17) is 0 Å². The van der Waals surface area contributed by atoms with Crippen LogP contribution in [0.3, 0.4) is 0 Å². The highest BCUT2D eigenvalue weighted by molar-refractivity contribution is 5.32. The fourth-order valence-corrected chi connectivity index (χ4v) is 2.37. The van der Waals surface area contributed by atoms with Crippen LogP contribution in [0.5, 0.6) is 0 Å². The number of rotatable bonds is 3. The second kappa shape index (κ2) is 5.92. The number of piperazine rings is 1. The molecule has 1 aliphatic rings. The number of aryl methyl sites for hydroxylation is 1. The quantitative estimate of drug-likeness (QED) is 0.909. The Kier molecular flexibility index (Phi) is 4.47. The van der Waals surface area contributed by atoms with Crippen LogP contribution in [-0.4, -0.2) is 37.6 Å². The molecule has 106 valence electrons. The molecule has 1 N–H and O–H groups in total. The molecule has 1 fully saturated rings. The van der Waals surface area contributed by atoms with Gasteiger partial charge in [-0.05, 0) is 36.6 Å². The van der Waals surface area contributed by atoms with E-state index in [2.05, 4.69) is 10.2 Å². The maximum Gasteiger partial charge on any atom is 0.416 e. The van der Waals surface area contributed by atoms with Crippen molar-refractivity contribution in [3.05, 3.63) is 34.9 Å². The Morgan fingerprint density at radius 3 is 2.47 bits per heavy atom. The molecular formula is C14H19F3N2. The molecule has 1 saturated heterocycles. The van der Waals surface area contributed by atoms with E-state index in [9.17, 15) is 13.2 Å². The number of benzene rings is 1. The number of alkyl halides is 3. The molecule has 0 bridgehead atoms. The number of halogens is 3. The first-order valence-electron chi connectivity index (χ1n) is 6.56. The summed E-state index contributed by atoms with van der Waals surface area (Å²) in [5, 5.41) is 3.28. The van der Waals surface area contributed by atoms with E-state index in [0.717, 1.165) is 50.3 Å². The molecule has 0 saturated carbocycles. The van der Waals surface area contributed by atoms with Crippen LogP contribution in [0.15, 0.2) is 18.2 Å². The zero-order valence-corrected chi connectivity index (χ0v) is 11.1. The second-order valence-electron chi connectivity index (χ2n) is 4.98. The number of hydrogen-bond acceptors (Lipinski definition) is 2. The summed E-state index contributed by atoms with van der Waals surface area (Å²) in [6, 6.07) is 4.04. The van der Waals surface area contributed by atoms with E-state index < -0.39 is 11.7 Å². The lowest BCUT2D eigenvalue weighted by atomic mass is 10.0. The van der Waals surface area contributed by atoms with Crippen LogP contribution >= 0.6 is 0 Å². The van der Waals surface area contributed by atoms with Gasteiger partial charge in [-0.1, -0.05) is 6.07 Å². The molecule has 0 radical (unpaired) electrons. The highest BCUT2D eigenvalue weighted by atomic mass is 19.4. The first-order chi connectivity index (χ1) is 8.97. The van der Waals surface area contributed by atoms with Crippen molar-refractivity contribution in [2.45, 2.75) is 19.5 Å². The van der Waals surface area contributed by atoms with Crippen molar-refractivity contribution in [2.24, 2.45) is 0 Å². The molecule has 0 unspecified atom stereocenters. The lowest BCUT2D eigenvalue weighted by Crippen LogP contribution is -2.44. The molecule has 0 aliphatic carbocycles. The zero-order valence-electron chi connectivity index (χ0n) is 11.1. The third-order valence-corrected chi connectivity index (χ3v) is 3.58. The van der Waals surface area contributed by atoms with Gasteiger partial charge < -0.3 is 10.2 Å². The standard InChI is InChI=1S/C14H19F3N2/c1-11-10-13(14(15,16)17)3-2-12(11)4-7-19-8-5-18-6-9-19/h2-3,10,18H,4-9H2,1H3. The molecular weight excluding hydrogens is 253 g/mol. The minimum atomic E-state index is -4.25. The minimum absolute atomic E-state index is 0.559. The van der Waals surface area contributed by atoms with Crippen LogP contribution in [-0.2, 0) is 12.6 Å². The molecule has 0 atom stereocenters. The van der Waals surface area contributed by atoms with Gasteiger partial charge in [0.2, 0.25) is 0 Å². The van der Waals surface area contributed by atoms with Crippen molar-refractivity contribution >= 4 is 0 Å². The zero-order chi connectivity index (χ0) is 13.9. The maximum absolute atomic E-state index is 12.6. The first-order valence-corrected chi connectivity index (χ1v) is 6.56. The summed E-state index contributed by atoms with van der Waals surface area (Å²) < 4.78 is 37.7. The minimum Gasteiger partial charge on any atom is -0.314 e. The van der Waals surface area contributed by atoms with Gasteiger partial charge in [-0.2, -0.15) is 13.2 Å². The Hall–Kier alpha value is -1.07. The van der Waals surface area contributed by atoms with Crippen molar-refractivity contribution in [3.8, 4) is 0 Å². The number of nitrogens with one attached hydrogen (secondary N) is 1. The normalized spacial score (nSPS) is 17.7. The van der Waals surface area contributed by atoms with Crippen LogP contribution in [0.4, 0.5) is 13.2 Å². The number of hydrogen-bond donors (Lipinski definition) is 1. The van der Waals surface area contributed by atoms with Gasteiger partial charge in [-0.15, -0.1) is 0 Å². The Morgan fingerprint density at radius 1 is 1.21 bits per heavy atom. The molecule has 1 heterocycles. The van der Waals surface area contributed by atoms with Gasteiger partial charge >= 0.3 is 6.18 Å². The third kappa shape index (κ3) is 3.94. The summed E-state index contributed by atoms with van der Waals surface area (Å²) in [7, 11) is 0. The average molecular weight is 272 g/mol. The van der Waals surface area contributed by atoms with Crippen LogP contribution in [0, 0.1) is 6.92 Å². The molecule has 1 aliphatic heterocycles. The summed E-state index contributed by atoms with van der Waals surface area (Å²) in [6.45, 7) is 6.67. The lowest BCUT2D eigenvalue weighted by Gasteiger charge is -2.27. The molecule has 0 aromatic heterocycles. The van der Waals surface area contributed by atoms with Gasteiger partial charge in [-0.3, -0.25) is 0 Å². The van der Waals surface area contributed by atoms with Crippen LogP contribution in [0.25, 0.3) is 0 Å². The fourth-order valence-electron chi connectivity index (χ4n) is 2.37. The Morgan fingerprint density at radius 2 is 1.89 bits per heavy atom. The molecule has 2 rings (SSSR count). The maximum atomic E-state index is 12.6. The van der Waals surface area contributed by atoms with Gasteiger partial charge in [0.25, 0.3) is 0 Å². The largest absolute Gasteiger partial charge is 0.416 e. The lowest BCUT2D eigenvalue weighted by molar-refractivity contribution is -0.137. The van der Waals surface area contributed by atoms with Crippen molar-refractivity contribution in [1.82, 2.24) is 10.2 Å². The first kappa shape index (κ1) is 14.3. The molecule has 19 heavy (non-hydrogen) atoms. The van der Waals surface area contributed by atoms with Crippen molar-refractivity contribution in [2.75, 3.05) is 32.7 Å². The monoisotopic (exact) mass is 272 g/mol. The SMILES string of the molecule is Cc1cc(C(F)(F)F)ccc1CCN1CCNCC1. The predicted molar refractivity (Wildman–Crippen MR) is 69.2 cm³/mol. The van der Waals surface area contributed by atoms with Crippen LogP contribution in [0.2, 0.25) is 0 Å². The molecule has 0 amide bonds. The van der Waals surface area contributed by atoms with E-state index in [1.165, 1.54) is 12.1 Å². The van der Waals surface area contributed by atoms with Crippen molar-refractivity contribution in [1.29, 1.82) is 0 Å². The van der Waals surface area contributed by atoms with E-state index in [0.29, 0.717) is 0 Å². The van der Waals surface area contributed by atoms with E-state index in [1.807, 2.05) is 0 Å². The van der Waals surface area contributed by atoms with Crippen molar-refractivity contribution < 1.29 is 13.2 Å². The van der Waals surface area contributed by atoms with Gasteiger partial charge in [0, 0.05) is 32.7 Å². The second-order valence-corrected chi connectivity index (χ2v) is 4.98. The van der Waals surface area contributed by atoms with E-state index >= 15 is 0 Å². The summed E-state index contributed by atoms with van der Waals surface area (Å²) >= 11 is 0. The smallest absolute Gasteiger partial charge is 0.314 e. The van der Waals surface area contributed by atoms with Crippen molar-refractivity contribution in [3.63, 3.8) is 0 Å². The average Bonchev–Trinajstić information content (AvgIpc) is 2.37. The summed E-state index contributed by atoms with van der Waals surface area (Å²) in [5.41, 5.74) is 1.17. The third-order valence-electron chi connectivity index (χ3n) is 3.58. The molecule has 5 heteroatoms. The molecule has 1 aromatic rings. The summed E-state index contributed by atoms with van der Waals surface area (Å²) in [6.07, 6.45) is -3.44. The Balaban J connectivity index is 1.97. The van der Waals surface area contributed by atoms with Gasteiger partial charge in [-0.25, -0.2) is 0 Å². The van der Waals surface area contributed by atoms with E-state index in [-0.39, 0.29) is 0 Å². The Labute approximate surface area is 111 Å². The Bertz CT molecular complexity index is 423. The molecule has 2 nitrogen and oxygen atoms in total. The van der Waals surface area contributed by atoms with E-state index in [1.54, 1.807) is 13.0 Å². The van der Waals surface area contributed by atoms with Gasteiger partial charge in [0.15, 0.2) is 0 Å². The topological polar surface area (TPSA) is 15.3 Å². The van der Waals surface area contributed by atoms with Crippen LogP contribution < -0.4 is 5.32 Å². The summed E-state index contributed by atoms with van der Waals surface area (Å²) in [5.74, 6) is 0. The molecule has 0 spiro atoms. The predicted octanol–water partition coefficient (Wildman–Crippen LogP) is 2.46. The van der Waals surface area contributed by atoms with Gasteiger partial charge in [0.1, 0.15) is 0 Å². The highest BCUT2D eigenvalue weighted by Crippen LogP contribution is 2.30. The fraction of sp³-hybridized carbons (Fsp3) is 0.571.